The van der Waals surface area contributed by atoms with E-state index < -0.39 is 17.6 Å². The lowest BCUT2D eigenvalue weighted by Crippen LogP contribution is -2.57. The van der Waals surface area contributed by atoms with E-state index in [9.17, 15) is 18.0 Å². The van der Waals surface area contributed by atoms with Gasteiger partial charge in [0.1, 0.15) is 0 Å². The summed E-state index contributed by atoms with van der Waals surface area (Å²) in [6.07, 6.45) is -4.56. The number of alkyl halides is 3. The lowest BCUT2D eigenvalue weighted by molar-refractivity contribution is -0.138. The monoisotopic (exact) mass is 364 g/mol. The molecule has 1 N–H and O–H groups in total. The zero-order valence-electron chi connectivity index (χ0n) is 11.7. The van der Waals surface area contributed by atoms with Crippen molar-refractivity contribution in [1.29, 1.82) is 0 Å². The number of amides is 1. The van der Waals surface area contributed by atoms with Crippen molar-refractivity contribution in [3.63, 3.8) is 0 Å². The molecule has 21 heavy (non-hydrogen) atoms. The van der Waals surface area contributed by atoms with Gasteiger partial charge in [0.25, 0.3) is 5.91 Å². The Morgan fingerprint density at radius 3 is 2.38 bits per heavy atom. The van der Waals surface area contributed by atoms with Crippen molar-refractivity contribution in [1.82, 2.24) is 10.2 Å². The molecule has 1 fully saturated rings. The SMILES string of the molecule is CC1CNCC(C)N1C(=O)c1ccc(Br)cc1C(F)(F)F. The van der Waals surface area contributed by atoms with Crippen molar-refractivity contribution in [3.05, 3.63) is 33.8 Å². The van der Waals surface area contributed by atoms with E-state index >= 15 is 0 Å². The Balaban J connectivity index is 2.43. The Hall–Kier alpha value is -1.08. The third kappa shape index (κ3) is 3.40. The fourth-order valence-electron chi connectivity index (χ4n) is 2.61. The molecular formula is C14H16BrF3N2O. The number of nitrogens with one attached hydrogen (secondary N) is 1. The molecule has 0 radical (unpaired) electrons. The molecule has 7 heteroatoms. The second-order valence-electron chi connectivity index (χ2n) is 5.26. The van der Waals surface area contributed by atoms with Crippen LogP contribution in [-0.4, -0.2) is 36.0 Å². The first-order chi connectivity index (χ1) is 9.71. The van der Waals surface area contributed by atoms with Gasteiger partial charge in [0.05, 0.1) is 11.1 Å². The number of hydrogen-bond acceptors (Lipinski definition) is 2. The minimum absolute atomic E-state index is 0.147. The average Bonchev–Trinajstić information content (AvgIpc) is 2.37. The van der Waals surface area contributed by atoms with E-state index in [1.165, 1.54) is 17.0 Å². The summed E-state index contributed by atoms with van der Waals surface area (Å²) in [6, 6.07) is 3.35. The van der Waals surface area contributed by atoms with Crippen molar-refractivity contribution >= 4 is 21.8 Å². The van der Waals surface area contributed by atoms with E-state index in [4.69, 9.17) is 0 Å². The molecule has 2 atom stereocenters. The molecule has 0 aromatic heterocycles. The first-order valence-electron chi connectivity index (χ1n) is 6.62. The van der Waals surface area contributed by atoms with Gasteiger partial charge < -0.3 is 10.2 Å². The van der Waals surface area contributed by atoms with E-state index in [2.05, 4.69) is 21.2 Å². The van der Waals surface area contributed by atoms with Crippen LogP contribution in [0.25, 0.3) is 0 Å². The van der Waals surface area contributed by atoms with Crippen LogP contribution in [0, 0.1) is 0 Å². The van der Waals surface area contributed by atoms with E-state index in [0.29, 0.717) is 17.6 Å². The largest absolute Gasteiger partial charge is 0.417 e. The lowest BCUT2D eigenvalue weighted by Gasteiger charge is -2.39. The van der Waals surface area contributed by atoms with Crippen LogP contribution in [0.3, 0.4) is 0 Å². The Morgan fingerprint density at radius 1 is 1.29 bits per heavy atom. The predicted octanol–water partition coefficient (Wildman–Crippen LogP) is 3.29. The molecule has 1 aliphatic heterocycles. The maximum Gasteiger partial charge on any atom is 0.417 e. The van der Waals surface area contributed by atoms with E-state index in [1.54, 1.807) is 0 Å². The highest BCUT2D eigenvalue weighted by molar-refractivity contribution is 9.10. The van der Waals surface area contributed by atoms with Gasteiger partial charge in [0.15, 0.2) is 0 Å². The molecule has 3 nitrogen and oxygen atoms in total. The highest BCUT2D eigenvalue weighted by Gasteiger charge is 2.38. The molecule has 1 saturated heterocycles. The minimum atomic E-state index is -4.56. The first kappa shape index (κ1) is 16.3. The molecule has 0 bridgehead atoms. The molecule has 0 aliphatic carbocycles. The second kappa shape index (κ2) is 5.96. The topological polar surface area (TPSA) is 32.3 Å². The Morgan fingerprint density at radius 2 is 1.86 bits per heavy atom. The molecule has 1 aromatic carbocycles. The van der Waals surface area contributed by atoms with Crippen molar-refractivity contribution in [2.75, 3.05) is 13.1 Å². The summed E-state index contributed by atoms with van der Waals surface area (Å²) in [6.45, 7) is 4.81. The van der Waals surface area contributed by atoms with Gasteiger partial charge in [-0.3, -0.25) is 4.79 Å². The first-order valence-corrected chi connectivity index (χ1v) is 7.41. The van der Waals surface area contributed by atoms with Gasteiger partial charge in [-0.25, -0.2) is 0 Å². The molecule has 1 aliphatic rings. The summed E-state index contributed by atoms with van der Waals surface area (Å²) in [7, 11) is 0. The minimum Gasteiger partial charge on any atom is -0.331 e. The number of piperazine rings is 1. The normalized spacial score (nSPS) is 23.2. The van der Waals surface area contributed by atoms with E-state index in [1.807, 2.05) is 13.8 Å². The molecule has 1 heterocycles. The van der Waals surface area contributed by atoms with Gasteiger partial charge >= 0.3 is 6.18 Å². The van der Waals surface area contributed by atoms with Gasteiger partial charge in [-0.15, -0.1) is 0 Å². The highest BCUT2D eigenvalue weighted by Crippen LogP contribution is 2.35. The van der Waals surface area contributed by atoms with Crippen LogP contribution in [0.5, 0.6) is 0 Å². The number of rotatable bonds is 1. The van der Waals surface area contributed by atoms with Crippen molar-refractivity contribution in [3.8, 4) is 0 Å². The van der Waals surface area contributed by atoms with Crippen LogP contribution in [0.2, 0.25) is 0 Å². The van der Waals surface area contributed by atoms with Crippen molar-refractivity contribution < 1.29 is 18.0 Å². The van der Waals surface area contributed by atoms with Crippen LogP contribution in [-0.2, 0) is 6.18 Å². The maximum absolute atomic E-state index is 13.1. The molecule has 0 saturated carbocycles. The summed E-state index contributed by atoms with van der Waals surface area (Å²) in [4.78, 5) is 14.1. The smallest absolute Gasteiger partial charge is 0.331 e. The van der Waals surface area contributed by atoms with Crippen molar-refractivity contribution in [2.24, 2.45) is 0 Å². The number of hydrogen-bond donors (Lipinski definition) is 1. The van der Waals surface area contributed by atoms with Gasteiger partial charge in [0.2, 0.25) is 0 Å². The van der Waals surface area contributed by atoms with Crippen LogP contribution < -0.4 is 5.32 Å². The fraction of sp³-hybridized carbons (Fsp3) is 0.500. The van der Waals surface area contributed by atoms with Gasteiger partial charge in [-0.2, -0.15) is 13.2 Å². The van der Waals surface area contributed by atoms with Crippen LogP contribution in [0.15, 0.2) is 22.7 Å². The molecule has 2 unspecified atom stereocenters. The number of nitrogens with zero attached hydrogens (tertiary/aromatic N) is 1. The summed E-state index contributed by atoms with van der Waals surface area (Å²) in [5, 5.41) is 3.15. The van der Waals surface area contributed by atoms with Crippen LogP contribution in [0.1, 0.15) is 29.8 Å². The second-order valence-corrected chi connectivity index (χ2v) is 6.17. The average molecular weight is 365 g/mol. The third-order valence-corrected chi connectivity index (χ3v) is 4.07. The molecule has 116 valence electrons. The zero-order chi connectivity index (χ0) is 15.8. The standard InChI is InChI=1S/C14H16BrF3N2O/c1-8-6-19-7-9(2)20(8)13(21)11-4-3-10(15)5-12(11)14(16,17)18/h3-5,8-9,19H,6-7H2,1-2H3. The number of carbonyl (C=O) groups is 1. The summed E-state index contributed by atoms with van der Waals surface area (Å²) >= 11 is 3.02. The highest BCUT2D eigenvalue weighted by atomic mass is 79.9. The van der Waals surface area contributed by atoms with E-state index in [-0.39, 0.29) is 17.6 Å². The Kier molecular flexibility index (Phi) is 4.63. The Bertz CT molecular complexity index is 538. The number of benzene rings is 1. The summed E-state index contributed by atoms with van der Waals surface area (Å²) in [5.74, 6) is -0.573. The summed E-state index contributed by atoms with van der Waals surface area (Å²) < 4.78 is 39.7. The molecular weight excluding hydrogens is 349 g/mol. The van der Waals surface area contributed by atoms with Gasteiger partial charge in [-0.1, -0.05) is 15.9 Å². The summed E-state index contributed by atoms with van der Waals surface area (Å²) in [5.41, 5.74) is -1.20. The maximum atomic E-state index is 13.1. The van der Waals surface area contributed by atoms with Crippen LogP contribution in [0.4, 0.5) is 13.2 Å². The zero-order valence-corrected chi connectivity index (χ0v) is 13.3. The molecule has 2 rings (SSSR count). The van der Waals surface area contributed by atoms with Crippen molar-refractivity contribution in [2.45, 2.75) is 32.1 Å². The van der Waals surface area contributed by atoms with E-state index in [0.717, 1.165) is 6.07 Å². The third-order valence-electron chi connectivity index (χ3n) is 3.58. The molecule has 1 amide bonds. The molecule has 1 aromatic rings. The quantitative estimate of drug-likeness (QED) is 0.829. The Labute approximate surface area is 129 Å². The van der Waals surface area contributed by atoms with Crippen LogP contribution >= 0.6 is 15.9 Å². The van der Waals surface area contributed by atoms with Gasteiger partial charge in [0, 0.05) is 29.6 Å². The van der Waals surface area contributed by atoms with Gasteiger partial charge in [-0.05, 0) is 32.0 Å². The number of carbonyl (C=O) groups excluding carboxylic acids is 1. The fourth-order valence-corrected chi connectivity index (χ4v) is 2.97. The molecule has 0 spiro atoms. The lowest BCUT2D eigenvalue weighted by atomic mass is 10.0. The predicted molar refractivity (Wildman–Crippen MR) is 77.1 cm³/mol. The number of halogens is 4.